The second kappa shape index (κ2) is 7.43. The van der Waals surface area contributed by atoms with Gasteiger partial charge in [-0.1, -0.05) is 16.8 Å². The van der Waals surface area contributed by atoms with Crippen LogP contribution < -0.4 is 10.6 Å². The number of anilines is 2. The van der Waals surface area contributed by atoms with Crippen LogP contribution >= 0.6 is 23.8 Å². The summed E-state index contributed by atoms with van der Waals surface area (Å²) in [6.07, 6.45) is 0. The smallest absolute Gasteiger partial charge is 0.345 e. The number of aryl methyl sites for hydroxylation is 2. The summed E-state index contributed by atoms with van der Waals surface area (Å²) in [4.78, 5) is 11.9. The molecule has 23 heavy (non-hydrogen) atoms. The molecular formula is C15H16ClN3O3S. The Hall–Kier alpha value is -2.12. The second-order valence-corrected chi connectivity index (χ2v) is 5.58. The summed E-state index contributed by atoms with van der Waals surface area (Å²) < 4.78 is 10.1. The topological polar surface area (TPSA) is 76.4 Å². The first kappa shape index (κ1) is 17.2. The molecule has 0 atom stereocenters. The summed E-state index contributed by atoms with van der Waals surface area (Å²) in [7, 11) is 0. The Labute approximate surface area is 144 Å². The molecule has 0 amide bonds. The van der Waals surface area contributed by atoms with Crippen molar-refractivity contribution in [2.75, 3.05) is 17.2 Å². The lowest BCUT2D eigenvalue weighted by Gasteiger charge is -2.11. The molecule has 0 fully saturated rings. The number of benzene rings is 1. The van der Waals surface area contributed by atoms with E-state index in [0.717, 1.165) is 11.3 Å². The largest absolute Gasteiger partial charge is 0.462 e. The van der Waals surface area contributed by atoms with Crippen LogP contribution in [0.4, 0.5) is 11.6 Å². The lowest BCUT2D eigenvalue weighted by Crippen LogP contribution is -2.21. The van der Waals surface area contributed by atoms with Crippen molar-refractivity contribution in [2.45, 2.75) is 20.8 Å². The molecule has 2 aromatic rings. The quantitative estimate of drug-likeness (QED) is 0.637. The maximum Gasteiger partial charge on any atom is 0.345 e. The highest BCUT2D eigenvalue weighted by atomic mass is 35.5. The van der Waals surface area contributed by atoms with Crippen molar-refractivity contribution < 1.29 is 14.1 Å². The van der Waals surface area contributed by atoms with Crippen molar-refractivity contribution in [1.82, 2.24) is 5.16 Å². The number of aromatic nitrogens is 1. The number of carbonyl (C=O) groups is 1. The molecule has 1 heterocycles. The van der Waals surface area contributed by atoms with Gasteiger partial charge >= 0.3 is 5.97 Å². The fraction of sp³-hybridized carbons (Fsp3) is 0.267. The first-order valence-corrected chi connectivity index (χ1v) is 7.68. The third-order valence-corrected chi connectivity index (χ3v) is 3.45. The Bertz CT molecular complexity index is 746. The molecule has 0 spiro atoms. The number of esters is 1. The molecule has 8 heteroatoms. The van der Waals surface area contributed by atoms with Crippen molar-refractivity contribution in [3.8, 4) is 0 Å². The van der Waals surface area contributed by atoms with Crippen LogP contribution in [0.25, 0.3) is 0 Å². The predicted molar refractivity (Wildman–Crippen MR) is 93.2 cm³/mol. The molecule has 0 unspecified atom stereocenters. The second-order valence-electron chi connectivity index (χ2n) is 4.73. The number of carbonyl (C=O) groups excluding carboxylic acids is 1. The van der Waals surface area contributed by atoms with Gasteiger partial charge in [-0.05, 0) is 56.8 Å². The number of nitrogens with zero attached hydrogens (tertiary/aromatic N) is 1. The lowest BCUT2D eigenvalue weighted by molar-refractivity contribution is 0.0526. The van der Waals surface area contributed by atoms with Gasteiger partial charge in [-0.3, -0.25) is 0 Å². The van der Waals surface area contributed by atoms with E-state index >= 15 is 0 Å². The summed E-state index contributed by atoms with van der Waals surface area (Å²) in [5.41, 5.74) is 2.38. The van der Waals surface area contributed by atoms with Gasteiger partial charge in [0.15, 0.2) is 5.11 Å². The van der Waals surface area contributed by atoms with Gasteiger partial charge < -0.3 is 19.9 Å². The molecule has 0 saturated carbocycles. The Morgan fingerprint density at radius 3 is 2.78 bits per heavy atom. The first-order valence-electron chi connectivity index (χ1n) is 6.90. The molecule has 6 nitrogen and oxygen atoms in total. The Kier molecular flexibility index (Phi) is 5.57. The van der Waals surface area contributed by atoms with Gasteiger partial charge in [0, 0.05) is 10.7 Å². The van der Waals surface area contributed by atoms with Gasteiger partial charge in [-0.15, -0.1) is 0 Å². The van der Waals surface area contributed by atoms with Crippen LogP contribution in [0.2, 0.25) is 5.02 Å². The predicted octanol–water partition coefficient (Wildman–Crippen LogP) is 3.93. The van der Waals surface area contributed by atoms with Gasteiger partial charge in [0.2, 0.25) is 5.88 Å². The lowest BCUT2D eigenvalue weighted by atomic mass is 10.2. The minimum atomic E-state index is -0.515. The molecular weight excluding hydrogens is 338 g/mol. The molecule has 1 aromatic heterocycles. The molecule has 0 saturated heterocycles. The van der Waals surface area contributed by atoms with Gasteiger partial charge in [0.1, 0.15) is 5.56 Å². The fourth-order valence-corrected chi connectivity index (χ4v) is 2.35. The zero-order valence-electron chi connectivity index (χ0n) is 12.9. The van der Waals surface area contributed by atoms with E-state index in [2.05, 4.69) is 15.8 Å². The first-order chi connectivity index (χ1) is 10.9. The van der Waals surface area contributed by atoms with Crippen LogP contribution in [0.5, 0.6) is 0 Å². The highest BCUT2D eigenvalue weighted by Crippen LogP contribution is 2.22. The molecule has 2 rings (SSSR count). The fourth-order valence-electron chi connectivity index (χ4n) is 1.92. The average Bonchev–Trinajstić information content (AvgIpc) is 2.83. The molecule has 0 aliphatic rings. The number of hydrogen-bond acceptors (Lipinski definition) is 5. The summed E-state index contributed by atoms with van der Waals surface area (Å²) in [5, 5.41) is 10.5. The van der Waals surface area contributed by atoms with E-state index in [-0.39, 0.29) is 23.2 Å². The van der Waals surface area contributed by atoms with Gasteiger partial charge in [-0.2, -0.15) is 0 Å². The molecule has 0 radical (unpaired) electrons. The molecule has 1 aromatic carbocycles. The number of thiocarbonyl (C=S) groups is 1. The van der Waals surface area contributed by atoms with Crippen LogP contribution in [-0.4, -0.2) is 22.8 Å². The maximum absolute atomic E-state index is 11.9. The number of rotatable bonds is 4. The number of hydrogen-bond donors (Lipinski definition) is 2. The van der Waals surface area contributed by atoms with Crippen LogP contribution in [0, 0.1) is 13.8 Å². The van der Waals surface area contributed by atoms with Crippen molar-refractivity contribution in [3.05, 3.63) is 40.0 Å². The van der Waals surface area contributed by atoms with Gasteiger partial charge in [-0.25, -0.2) is 4.79 Å². The summed E-state index contributed by atoms with van der Waals surface area (Å²) in [6.45, 7) is 5.54. The van der Waals surface area contributed by atoms with E-state index in [1.807, 2.05) is 19.1 Å². The summed E-state index contributed by atoms with van der Waals surface area (Å²) in [5.74, 6) is -0.371. The third-order valence-electron chi connectivity index (χ3n) is 3.01. The van der Waals surface area contributed by atoms with Gasteiger partial charge in [0.05, 0.1) is 12.3 Å². The van der Waals surface area contributed by atoms with Crippen molar-refractivity contribution >= 4 is 46.5 Å². The van der Waals surface area contributed by atoms with E-state index < -0.39 is 5.97 Å². The normalized spacial score (nSPS) is 10.3. The van der Waals surface area contributed by atoms with Crippen LogP contribution in [0.3, 0.4) is 0 Å². The average molecular weight is 354 g/mol. The third kappa shape index (κ3) is 4.20. The van der Waals surface area contributed by atoms with Crippen molar-refractivity contribution in [2.24, 2.45) is 0 Å². The van der Waals surface area contributed by atoms with E-state index in [9.17, 15) is 4.79 Å². The Morgan fingerprint density at radius 2 is 2.13 bits per heavy atom. The number of nitrogens with one attached hydrogen (secondary N) is 2. The van der Waals surface area contributed by atoms with E-state index in [1.54, 1.807) is 19.9 Å². The van der Waals surface area contributed by atoms with E-state index in [4.69, 9.17) is 33.1 Å². The number of ether oxygens (including phenoxy) is 1. The Balaban J connectivity index is 2.13. The SMILES string of the molecule is CCOC(=O)c1c(C)noc1NC(=S)Nc1ccc(Cl)cc1C. The molecule has 122 valence electrons. The molecule has 0 aliphatic heterocycles. The minimum Gasteiger partial charge on any atom is -0.462 e. The van der Waals surface area contributed by atoms with Gasteiger partial charge in [0.25, 0.3) is 0 Å². The van der Waals surface area contributed by atoms with Crippen molar-refractivity contribution in [1.29, 1.82) is 0 Å². The molecule has 0 bridgehead atoms. The van der Waals surface area contributed by atoms with E-state index in [1.165, 1.54) is 0 Å². The minimum absolute atomic E-state index is 0.144. The maximum atomic E-state index is 11.9. The monoisotopic (exact) mass is 353 g/mol. The zero-order chi connectivity index (χ0) is 17.0. The van der Waals surface area contributed by atoms with E-state index in [0.29, 0.717) is 10.7 Å². The summed E-state index contributed by atoms with van der Waals surface area (Å²) >= 11 is 11.2. The number of halogens is 1. The highest BCUT2D eigenvalue weighted by Gasteiger charge is 2.22. The summed E-state index contributed by atoms with van der Waals surface area (Å²) in [6, 6.07) is 5.38. The van der Waals surface area contributed by atoms with Crippen LogP contribution in [-0.2, 0) is 4.74 Å². The Morgan fingerprint density at radius 1 is 1.39 bits per heavy atom. The molecule has 2 N–H and O–H groups in total. The highest BCUT2D eigenvalue weighted by molar-refractivity contribution is 7.80. The standard InChI is InChI=1S/C15H16ClN3O3S/c1-4-21-14(20)12-9(3)19-22-13(12)18-15(23)17-11-6-5-10(16)7-8(11)2/h5-7H,4H2,1-3H3,(H2,17,18,23). The van der Waals surface area contributed by atoms with Crippen molar-refractivity contribution in [3.63, 3.8) is 0 Å². The van der Waals surface area contributed by atoms with Crippen LogP contribution in [0.15, 0.2) is 22.7 Å². The zero-order valence-corrected chi connectivity index (χ0v) is 14.5. The molecule has 0 aliphatic carbocycles. The van der Waals surface area contributed by atoms with Crippen LogP contribution in [0.1, 0.15) is 28.5 Å².